The average molecular weight is 359 g/mol. The molecule has 1 aliphatic rings. The summed E-state index contributed by atoms with van der Waals surface area (Å²) in [6.07, 6.45) is 2.74. The monoisotopic (exact) mass is 359 g/mol. The van der Waals surface area contributed by atoms with E-state index in [2.05, 4.69) is 5.32 Å². The molecule has 0 bridgehead atoms. The Balaban J connectivity index is 1.67. The molecule has 0 atom stereocenters. The second-order valence-electron chi connectivity index (χ2n) is 6.40. The zero-order chi connectivity index (χ0) is 18.6. The Hall–Kier alpha value is -2.76. The van der Waals surface area contributed by atoms with Crippen molar-refractivity contribution < 1.29 is 23.1 Å². The first-order chi connectivity index (χ1) is 12.5. The maximum atomic E-state index is 13.6. The molecule has 0 spiro atoms. The van der Waals surface area contributed by atoms with E-state index >= 15 is 0 Å². The summed E-state index contributed by atoms with van der Waals surface area (Å²) in [6.45, 7) is -0.524. The van der Waals surface area contributed by atoms with Crippen molar-refractivity contribution in [2.45, 2.75) is 31.1 Å². The first kappa shape index (κ1) is 18.0. The minimum absolute atomic E-state index is 0.0225. The molecule has 1 saturated carbocycles. The number of amides is 1. The molecule has 0 saturated heterocycles. The lowest BCUT2D eigenvalue weighted by Crippen LogP contribution is -2.36. The number of esters is 1. The van der Waals surface area contributed by atoms with E-state index in [1.807, 2.05) is 0 Å². The molecule has 1 fully saturated rings. The van der Waals surface area contributed by atoms with Crippen LogP contribution >= 0.6 is 0 Å². The number of ether oxygens (including phenoxy) is 1. The van der Waals surface area contributed by atoms with Crippen LogP contribution in [0.2, 0.25) is 0 Å². The summed E-state index contributed by atoms with van der Waals surface area (Å²) >= 11 is 0. The Morgan fingerprint density at radius 1 is 1.04 bits per heavy atom. The number of hydrogen-bond donors (Lipinski definition) is 1. The number of nitrogens with one attached hydrogen (secondary N) is 1. The van der Waals surface area contributed by atoms with E-state index in [1.54, 1.807) is 18.2 Å². The summed E-state index contributed by atoms with van der Waals surface area (Å²) in [7, 11) is 0. The highest BCUT2D eigenvalue weighted by atomic mass is 19.1. The number of carbonyl (C=O) groups is 2. The molecule has 136 valence electrons. The van der Waals surface area contributed by atoms with Crippen LogP contribution in [0.4, 0.5) is 14.5 Å². The molecule has 2 aromatic carbocycles. The van der Waals surface area contributed by atoms with E-state index in [0.29, 0.717) is 18.4 Å². The molecule has 1 amide bonds. The predicted octanol–water partition coefficient (Wildman–Crippen LogP) is 3.96. The maximum absolute atomic E-state index is 13.6. The van der Waals surface area contributed by atoms with Crippen LogP contribution in [-0.2, 0) is 19.7 Å². The molecule has 3 rings (SSSR count). The second kappa shape index (κ2) is 7.64. The minimum atomic E-state index is -0.930. The van der Waals surface area contributed by atoms with E-state index in [1.165, 1.54) is 30.3 Å². The summed E-state index contributed by atoms with van der Waals surface area (Å²) in [5.74, 6) is -2.17. The fraction of sp³-hybridized carbons (Fsp3) is 0.300. The number of rotatable bonds is 5. The fourth-order valence-corrected chi connectivity index (χ4v) is 3.39. The molecule has 0 radical (unpaired) electrons. The molecular weight excluding hydrogens is 340 g/mol. The van der Waals surface area contributed by atoms with Crippen LogP contribution in [0.5, 0.6) is 0 Å². The first-order valence-electron chi connectivity index (χ1n) is 8.49. The lowest BCUT2D eigenvalue weighted by atomic mass is 9.79. The lowest BCUT2D eigenvalue weighted by molar-refractivity contribution is -0.153. The van der Waals surface area contributed by atoms with Gasteiger partial charge < -0.3 is 10.1 Å². The Morgan fingerprint density at radius 3 is 2.46 bits per heavy atom. The number of hydrogen-bond acceptors (Lipinski definition) is 3. The van der Waals surface area contributed by atoms with Crippen molar-refractivity contribution in [1.82, 2.24) is 0 Å². The highest BCUT2D eigenvalue weighted by Gasteiger charge is 2.44. The number of anilines is 1. The van der Waals surface area contributed by atoms with Crippen LogP contribution in [-0.4, -0.2) is 18.5 Å². The van der Waals surface area contributed by atoms with Crippen molar-refractivity contribution in [2.24, 2.45) is 0 Å². The zero-order valence-corrected chi connectivity index (χ0v) is 14.1. The third kappa shape index (κ3) is 3.74. The molecule has 0 aromatic heterocycles. The minimum Gasteiger partial charge on any atom is -0.455 e. The average Bonchev–Trinajstić information content (AvgIpc) is 3.13. The highest BCUT2D eigenvalue weighted by Crippen LogP contribution is 2.42. The van der Waals surface area contributed by atoms with Crippen LogP contribution in [0.3, 0.4) is 0 Å². The van der Waals surface area contributed by atoms with E-state index in [4.69, 9.17) is 4.74 Å². The van der Waals surface area contributed by atoms with Gasteiger partial charge in [0.25, 0.3) is 5.91 Å². The number of benzene rings is 2. The molecular formula is C20H19F2NO3. The zero-order valence-electron chi connectivity index (χ0n) is 14.1. The molecule has 1 aliphatic carbocycles. The van der Waals surface area contributed by atoms with Crippen molar-refractivity contribution in [3.63, 3.8) is 0 Å². The quantitative estimate of drug-likeness (QED) is 0.822. The molecule has 0 heterocycles. The second-order valence-corrected chi connectivity index (χ2v) is 6.40. The standard InChI is InChI=1S/C20H19F2NO3/c21-15-7-5-6-14(12-15)20(10-3-4-11-20)19(25)26-13-18(24)23-17-9-2-1-8-16(17)22/h1-2,5-9,12H,3-4,10-11,13H2,(H,23,24). The summed E-state index contributed by atoms with van der Waals surface area (Å²) in [5.41, 5.74) is -0.343. The van der Waals surface area contributed by atoms with Gasteiger partial charge in [0.1, 0.15) is 11.6 Å². The summed E-state index contributed by atoms with van der Waals surface area (Å²) in [5, 5.41) is 2.37. The van der Waals surface area contributed by atoms with E-state index < -0.39 is 35.5 Å². The Morgan fingerprint density at radius 2 is 1.77 bits per heavy atom. The van der Waals surface area contributed by atoms with Crippen molar-refractivity contribution in [3.8, 4) is 0 Å². The molecule has 4 nitrogen and oxygen atoms in total. The van der Waals surface area contributed by atoms with Gasteiger partial charge in [-0.2, -0.15) is 0 Å². The van der Waals surface area contributed by atoms with Gasteiger partial charge in [-0.25, -0.2) is 8.78 Å². The van der Waals surface area contributed by atoms with Crippen LogP contribution < -0.4 is 5.32 Å². The Kier molecular flexibility index (Phi) is 5.30. The van der Waals surface area contributed by atoms with Crippen LogP contribution in [0.1, 0.15) is 31.2 Å². The van der Waals surface area contributed by atoms with Gasteiger partial charge in [0.15, 0.2) is 6.61 Å². The lowest BCUT2D eigenvalue weighted by Gasteiger charge is -2.27. The first-order valence-corrected chi connectivity index (χ1v) is 8.49. The van der Waals surface area contributed by atoms with Crippen molar-refractivity contribution in [3.05, 3.63) is 65.7 Å². The van der Waals surface area contributed by atoms with Gasteiger partial charge in [0, 0.05) is 0 Å². The third-order valence-corrected chi connectivity index (χ3v) is 4.71. The van der Waals surface area contributed by atoms with E-state index in [0.717, 1.165) is 12.8 Å². The largest absolute Gasteiger partial charge is 0.455 e. The van der Waals surface area contributed by atoms with Crippen LogP contribution in [0, 0.1) is 11.6 Å². The van der Waals surface area contributed by atoms with Crippen LogP contribution in [0.25, 0.3) is 0 Å². The normalized spacial score (nSPS) is 15.5. The smallest absolute Gasteiger partial charge is 0.317 e. The third-order valence-electron chi connectivity index (χ3n) is 4.71. The molecule has 0 unspecified atom stereocenters. The van der Waals surface area contributed by atoms with Gasteiger partial charge in [-0.15, -0.1) is 0 Å². The summed E-state index contributed by atoms with van der Waals surface area (Å²) < 4.78 is 32.4. The predicted molar refractivity (Wildman–Crippen MR) is 92.5 cm³/mol. The van der Waals surface area contributed by atoms with Gasteiger partial charge >= 0.3 is 5.97 Å². The SMILES string of the molecule is O=C(COC(=O)C1(c2cccc(F)c2)CCCC1)Nc1ccccc1F. The van der Waals surface area contributed by atoms with Gasteiger partial charge in [-0.05, 0) is 42.7 Å². The fourth-order valence-electron chi connectivity index (χ4n) is 3.39. The van der Waals surface area contributed by atoms with Crippen molar-refractivity contribution >= 4 is 17.6 Å². The van der Waals surface area contributed by atoms with Crippen LogP contribution in [0.15, 0.2) is 48.5 Å². The number of halogens is 2. The van der Waals surface area contributed by atoms with Crippen molar-refractivity contribution in [2.75, 3.05) is 11.9 Å². The summed E-state index contributed by atoms with van der Waals surface area (Å²) in [4.78, 5) is 24.7. The number of para-hydroxylation sites is 1. The number of carbonyl (C=O) groups excluding carboxylic acids is 2. The van der Waals surface area contributed by atoms with Crippen molar-refractivity contribution in [1.29, 1.82) is 0 Å². The molecule has 2 aromatic rings. The van der Waals surface area contributed by atoms with E-state index in [9.17, 15) is 18.4 Å². The summed E-state index contributed by atoms with van der Waals surface area (Å²) in [6, 6.07) is 11.7. The maximum Gasteiger partial charge on any atom is 0.317 e. The highest BCUT2D eigenvalue weighted by molar-refractivity contribution is 5.94. The Bertz CT molecular complexity index is 816. The molecule has 26 heavy (non-hydrogen) atoms. The Labute approximate surface area is 150 Å². The molecule has 0 aliphatic heterocycles. The van der Waals surface area contributed by atoms with Gasteiger partial charge in [0.2, 0.25) is 0 Å². The topological polar surface area (TPSA) is 55.4 Å². The van der Waals surface area contributed by atoms with Gasteiger partial charge in [0.05, 0.1) is 11.1 Å². The van der Waals surface area contributed by atoms with E-state index in [-0.39, 0.29) is 5.69 Å². The molecule has 1 N–H and O–H groups in total. The van der Waals surface area contributed by atoms with Gasteiger partial charge in [-0.3, -0.25) is 9.59 Å². The van der Waals surface area contributed by atoms with Gasteiger partial charge in [-0.1, -0.05) is 37.1 Å². The molecule has 6 heteroatoms.